The lowest BCUT2D eigenvalue weighted by Crippen LogP contribution is -2.44. The third-order valence-corrected chi connectivity index (χ3v) is 5.25. The van der Waals surface area contributed by atoms with Crippen LogP contribution >= 0.6 is 0 Å². The van der Waals surface area contributed by atoms with Crippen LogP contribution in [0, 0.1) is 5.92 Å². The topological polar surface area (TPSA) is 95.9 Å². The fraction of sp³-hybridized carbons (Fsp3) is 0.550. The number of carboxylic acid groups (broad SMARTS) is 1. The number of carbonyl (C=O) groups excluding carboxylic acids is 2. The Kier molecular flexibility index (Phi) is 6.32. The fourth-order valence-corrected chi connectivity index (χ4v) is 3.84. The highest BCUT2D eigenvalue weighted by Crippen LogP contribution is 2.26. The van der Waals surface area contributed by atoms with Gasteiger partial charge in [0.2, 0.25) is 5.91 Å². The summed E-state index contributed by atoms with van der Waals surface area (Å²) in [7, 11) is 0. The van der Waals surface area contributed by atoms with E-state index in [1.165, 1.54) is 0 Å². The van der Waals surface area contributed by atoms with Crippen molar-refractivity contribution in [3.8, 4) is 5.75 Å². The monoisotopic (exact) mass is 374 g/mol. The van der Waals surface area contributed by atoms with E-state index in [-0.39, 0.29) is 24.5 Å². The highest BCUT2D eigenvalue weighted by molar-refractivity contribution is 5.95. The number of nitrogens with one attached hydrogen (secondary N) is 1. The van der Waals surface area contributed by atoms with E-state index in [1.54, 1.807) is 23.1 Å². The van der Waals surface area contributed by atoms with Crippen molar-refractivity contribution in [3.05, 3.63) is 24.3 Å². The zero-order chi connectivity index (χ0) is 19.2. The number of carbonyl (C=O) groups is 3. The van der Waals surface area contributed by atoms with Gasteiger partial charge in [0.05, 0.1) is 5.92 Å². The summed E-state index contributed by atoms with van der Waals surface area (Å²) in [6.07, 6.45) is 5.46. The zero-order valence-electron chi connectivity index (χ0n) is 15.4. The third-order valence-electron chi connectivity index (χ3n) is 5.25. The van der Waals surface area contributed by atoms with E-state index >= 15 is 0 Å². The number of aliphatic carboxylic acids is 1. The number of hydrogen-bond acceptors (Lipinski definition) is 4. The first kappa shape index (κ1) is 19.2. The van der Waals surface area contributed by atoms with Crippen LogP contribution in [0.2, 0.25) is 0 Å². The van der Waals surface area contributed by atoms with Gasteiger partial charge in [0.15, 0.2) is 6.61 Å². The van der Waals surface area contributed by atoms with Crippen LogP contribution in [-0.2, 0) is 14.4 Å². The van der Waals surface area contributed by atoms with Crippen LogP contribution < -0.4 is 15.0 Å². The van der Waals surface area contributed by atoms with Gasteiger partial charge in [-0.1, -0.05) is 25.3 Å². The summed E-state index contributed by atoms with van der Waals surface area (Å²) in [5.41, 5.74) is 0.769. The molecule has 1 saturated heterocycles. The van der Waals surface area contributed by atoms with Crippen LogP contribution in [0.3, 0.4) is 0 Å². The second-order valence-corrected chi connectivity index (χ2v) is 7.19. The Labute approximate surface area is 158 Å². The Bertz CT molecular complexity index is 705. The molecule has 27 heavy (non-hydrogen) atoms. The smallest absolute Gasteiger partial charge is 0.308 e. The van der Waals surface area contributed by atoms with Crippen molar-refractivity contribution in [2.75, 3.05) is 18.1 Å². The molecular formula is C20H26N2O5. The summed E-state index contributed by atoms with van der Waals surface area (Å²) >= 11 is 0. The van der Waals surface area contributed by atoms with Gasteiger partial charge >= 0.3 is 5.97 Å². The number of hydrogen-bond donors (Lipinski definition) is 2. The molecule has 7 heteroatoms. The largest absolute Gasteiger partial charge is 0.484 e. The maximum Gasteiger partial charge on any atom is 0.308 e. The molecule has 2 N–H and O–H groups in total. The van der Waals surface area contributed by atoms with Gasteiger partial charge in [-0.3, -0.25) is 14.4 Å². The van der Waals surface area contributed by atoms with Gasteiger partial charge < -0.3 is 20.1 Å². The van der Waals surface area contributed by atoms with Crippen LogP contribution in [0.4, 0.5) is 5.69 Å². The molecule has 1 aliphatic carbocycles. The lowest BCUT2D eigenvalue weighted by molar-refractivity contribution is -0.143. The Morgan fingerprint density at radius 1 is 1.19 bits per heavy atom. The molecule has 3 rings (SSSR count). The van der Waals surface area contributed by atoms with Gasteiger partial charge in [-0.2, -0.15) is 0 Å². The zero-order valence-corrected chi connectivity index (χ0v) is 15.4. The maximum absolute atomic E-state index is 12.3. The molecule has 146 valence electrons. The van der Waals surface area contributed by atoms with Gasteiger partial charge in [0.1, 0.15) is 5.75 Å². The number of rotatable bonds is 6. The molecule has 2 amide bonds. The predicted molar refractivity (Wildman–Crippen MR) is 99.7 cm³/mol. The molecule has 0 bridgehead atoms. The molecule has 0 spiro atoms. The second-order valence-electron chi connectivity index (χ2n) is 7.19. The lowest BCUT2D eigenvalue weighted by Gasteiger charge is -2.23. The van der Waals surface area contributed by atoms with Crippen molar-refractivity contribution in [1.29, 1.82) is 0 Å². The number of benzene rings is 1. The molecule has 0 unspecified atom stereocenters. The first-order valence-corrected chi connectivity index (χ1v) is 9.60. The van der Waals surface area contributed by atoms with Gasteiger partial charge in [-0.05, 0) is 31.4 Å². The molecule has 2 atom stereocenters. The number of anilines is 1. The SMILES string of the molecule is O=C(COc1cccc(N2CCCC2=O)c1)N[C@H]1CCCCC[C@H]1C(=O)O. The Morgan fingerprint density at radius 2 is 2.00 bits per heavy atom. The normalized spacial score (nSPS) is 23.0. The molecular weight excluding hydrogens is 348 g/mol. The summed E-state index contributed by atoms with van der Waals surface area (Å²) in [6, 6.07) is 6.78. The first-order valence-electron chi connectivity index (χ1n) is 9.60. The predicted octanol–water partition coefficient (Wildman–Crippen LogP) is 2.34. The molecule has 1 saturated carbocycles. The minimum atomic E-state index is -0.855. The number of amides is 2. The fourth-order valence-electron chi connectivity index (χ4n) is 3.84. The molecule has 1 aliphatic heterocycles. The van der Waals surface area contributed by atoms with Crippen LogP contribution in [0.5, 0.6) is 5.75 Å². The van der Waals surface area contributed by atoms with Gasteiger partial charge in [-0.25, -0.2) is 0 Å². The maximum atomic E-state index is 12.3. The van der Waals surface area contributed by atoms with Crippen molar-refractivity contribution in [3.63, 3.8) is 0 Å². The van der Waals surface area contributed by atoms with E-state index in [0.717, 1.165) is 31.4 Å². The molecule has 1 aromatic carbocycles. The molecule has 0 aromatic heterocycles. The number of carboxylic acids is 1. The Hall–Kier alpha value is -2.57. The van der Waals surface area contributed by atoms with Crippen molar-refractivity contribution in [1.82, 2.24) is 5.32 Å². The van der Waals surface area contributed by atoms with Crippen LogP contribution in [0.15, 0.2) is 24.3 Å². The molecule has 7 nitrogen and oxygen atoms in total. The summed E-state index contributed by atoms with van der Waals surface area (Å²) in [5, 5.41) is 12.2. The average Bonchev–Trinajstić information content (AvgIpc) is 2.94. The quantitative estimate of drug-likeness (QED) is 0.745. The molecule has 2 fully saturated rings. The van der Waals surface area contributed by atoms with Gasteiger partial charge in [0, 0.05) is 30.8 Å². The summed E-state index contributed by atoms with van der Waals surface area (Å²) in [6.45, 7) is 0.515. The van der Waals surface area contributed by atoms with Crippen molar-refractivity contribution in [2.24, 2.45) is 5.92 Å². The van der Waals surface area contributed by atoms with Crippen LogP contribution in [0.25, 0.3) is 0 Å². The van der Waals surface area contributed by atoms with Crippen LogP contribution in [0.1, 0.15) is 44.9 Å². The van der Waals surface area contributed by atoms with Crippen molar-refractivity contribution >= 4 is 23.5 Å². The van der Waals surface area contributed by atoms with E-state index in [0.29, 0.717) is 31.6 Å². The Balaban J connectivity index is 1.55. The van der Waals surface area contributed by atoms with Crippen molar-refractivity contribution in [2.45, 2.75) is 51.0 Å². The first-order chi connectivity index (χ1) is 13.0. The number of nitrogens with zero attached hydrogens (tertiary/aromatic N) is 1. The molecule has 1 aromatic rings. The van der Waals surface area contributed by atoms with Crippen LogP contribution in [-0.4, -0.2) is 42.1 Å². The van der Waals surface area contributed by atoms with E-state index in [2.05, 4.69) is 5.32 Å². The Morgan fingerprint density at radius 3 is 2.74 bits per heavy atom. The minimum absolute atomic E-state index is 0.0953. The van der Waals surface area contributed by atoms with Crippen molar-refractivity contribution < 1.29 is 24.2 Å². The van der Waals surface area contributed by atoms with E-state index in [1.807, 2.05) is 6.07 Å². The highest BCUT2D eigenvalue weighted by Gasteiger charge is 2.30. The minimum Gasteiger partial charge on any atom is -0.484 e. The molecule has 1 heterocycles. The van der Waals surface area contributed by atoms with E-state index in [4.69, 9.17) is 4.74 Å². The summed E-state index contributed by atoms with van der Waals surface area (Å²) < 4.78 is 5.57. The third kappa shape index (κ3) is 4.99. The summed E-state index contributed by atoms with van der Waals surface area (Å²) in [4.78, 5) is 37.3. The number of ether oxygens (including phenoxy) is 1. The molecule has 2 aliphatic rings. The summed E-state index contributed by atoms with van der Waals surface area (Å²) in [5.74, 6) is -1.11. The molecule has 0 radical (unpaired) electrons. The lowest BCUT2D eigenvalue weighted by atomic mass is 9.95. The highest BCUT2D eigenvalue weighted by atomic mass is 16.5. The average molecular weight is 374 g/mol. The van der Waals surface area contributed by atoms with Gasteiger partial charge in [0.25, 0.3) is 5.91 Å². The van der Waals surface area contributed by atoms with Gasteiger partial charge in [-0.15, -0.1) is 0 Å². The van der Waals surface area contributed by atoms with E-state index in [9.17, 15) is 19.5 Å². The van der Waals surface area contributed by atoms with E-state index < -0.39 is 11.9 Å². The standard InChI is InChI=1S/C20H26N2O5/c23-18(21-17-9-3-1-2-8-16(17)20(25)26)13-27-15-7-4-6-14(12-15)22-11-5-10-19(22)24/h4,6-7,12,16-17H,1-3,5,8-11,13H2,(H,21,23)(H,25,26)/t16-,17+/m1/s1. The second kappa shape index (κ2) is 8.88.